The summed E-state index contributed by atoms with van der Waals surface area (Å²) in [6, 6.07) is 12.5. The zero-order chi connectivity index (χ0) is 15.2. The number of rotatable bonds is 6. The molecule has 0 spiro atoms. The molecule has 0 bridgehead atoms. The fourth-order valence-corrected chi connectivity index (χ4v) is 2.21. The van der Waals surface area contributed by atoms with Gasteiger partial charge in [0.15, 0.2) is 0 Å². The summed E-state index contributed by atoms with van der Waals surface area (Å²) in [5, 5.41) is 3.40. The van der Waals surface area contributed by atoms with Crippen molar-refractivity contribution in [2.24, 2.45) is 5.92 Å². The van der Waals surface area contributed by atoms with Crippen molar-refractivity contribution in [1.29, 1.82) is 0 Å². The quantitative estimate of drug-likeness (QED) is 0.779. The van der Waals surface area contributed by atoms with Crippen molar-refractivity contribution < 1.29 is 9.13 Å². The Labute approximate surface area is 133 Å². The Morgan fingerprint density at radius 1 is 1.10 bits per heavy atom. The first kappa shape index (κ1) is 16.0. The van der Waals surface area contributed by atoms with E-state index in [1.807, 2.05) is 24.3 Å². The van der Waals surface area contributed by atoms with Gasteiger partial charge in [-0.1, -0.05) is 26.0 Å². The van der Waals surface area contributed by atoms with Crippen molar-refractivity contribution in [2.75, 3.05) is 6.54 Å². The van der Waals surface area contributed by atoms with Gasteiger partial charge in [-0.3, -0.25) is 0 Å². The summed E-state index contributed by atoms with van der Waals surface area (Å²) < 4.78 is 19.2. The highest BCUT2D eigenvalue weighted by Crippen LogP contribution is 2.26. The molecule has 0 amide bonds. The van der Waals surface area contributed by atoms with Crippen LogP contribution in [0.25, 0.3) is 0 Å². The average Bonchev–Trinajstić information content (AvgIpc) is 2.44. The van der Waals surface area contributed by atoms with Crippen LogP contribution in [0.5, 0.6) is 11.5 Å². The molecule has 21 heavy (non-hydrogen) atoms. The third kappa shape index (κ3) is 5.14. The van der Waals surface area contributed by atoms with Gasteiger partial charge in [0.05, 0.1) is 4.47 Å². The van der Waals surface area contributed by atoms with Gasteiger partial charge in [0.1, 0.15) is 17.3 Å². The summed E-state index contributed by atoms with van der Waals surface area (Å²) in [6.07, 6.45) is 0. The van der Waals surface area contributed by atoms with Crippen LogP contribution < -0.4 is 10.1 Å². The molecular weight excluding hydrogens is 333 g/mol. The second-order valence-corrected chi connectivity index (χ2v) is 6.20. The lowest BCUT2D eigenvalue weighted by Gasteiger charge is -2.09. The first-order valence-corrected chi connectivity index (χ1v) is 7.76. The van der Waals surface area contributed by atoms with E-state index in [9.17, 15) is 4.39 Å². The number of halogens is 2. The maximum Gasteiger partial charge on any atom is 0.137 e. The Hall–Kier alpha value is -1.39. The van der Waals surface area contributed by atoms with Gasteiger partial charge in [-0.25, -0.2) is 4.39 Å². The molecule has 0 atom stereocenters. The summed E-state index contributed by atoms with van der Waals surface area (Å²) in [5.74, 6) is 1.69. The third-order valence-corrected chi connectivity index (χ3v) is 3.54. The van der Waals surface area contributed by atoms with Gasteiger partial charge in [-0.15, -0.1) is 0 Å². The van der Waals surface area contributed by atoms with Crippen LogP contribution in [0.1, 0.15) is 19.4 Å². The minimum Gasteiger partial charge on any atom is -0.457 e. The average molecular weight is 352 g/mol. The summed E-state index contributed by atoms with van der Waals surface area (Å²) in [6.45, 7) is 6.22. The van der Waals surface area contributed by atoms with Crippen molar-refractivity contribution in [2.45, 2.75) is 20.4 Å². The van der Waals surface area contributed by atoms with E-state index in [1.54, 1.807) is 12.1 Å². The van der Waals surface area contributed by atoms with Crippen LogP contribution in [0.4, 0.5) is 4.39 Å². The second-order valence-electron chi connectivity index (χ2n) is 5.35. The van der Waals surface area contributed by atoms with Crippen LogP contribution in [-0.2, 0) is 6.54 Å². The second kappa shape index (κ2) is 7.57. The smallest absolute Gasteiger partial charge is 0.137 e. The molecule has 2 rings (SSSR count). The van der Waals surface area contributed by atoms with Crippen molar-refractivity contribution in [3.05, 3.63) is 58.3 Å². The van der Waals surface area contributed by atoms with E-state index in [2.05, 4.69) is 35.1 Å². The molecule has 0 aromatic heterocycles. The molecule has 0 fully saturated rings. The van der Waals surface area contributed by atoms with Crippen molar-refractivity contribution in [3.8, 4) is 11.5 Å². The minimum atomic E-state index is -0.297. The molecule has 0 aliphatic heterocycles. The number of ether oxygens (including phenoxy) is 1. The molecule has 2 aromatic carbocycles. The van der Waals surface area contributed by atoms with Crippen molar-refractivity contribution in [3.63, 3.8) is 0 Å². The van der Waals surface area contributed by atoms with E-state index in [0.29, 0.717) is 16.1 Å². The third-order valence-electron chi connectivity index (χ3n) is 2.93. The van der Waals surface area contributed by atoms with Gasteiger partial charge in [-0.2, -0.15) is 0 Å². The first-order valence-electron chi connectivity index (χ1n) is 6.97. The molecule has 2 nitrogen and oxygen atoms in total. The Bertz CT molecular complexity index is 584. The topological polar surface area (TPSA) is 21.3 Å². The molecular formula is C17H19BrFNO. The molecule has 1 N–H and O–H groups in total. The van der Waals surface area contributed by atoms with E-state index in [1.165, 1.54) is 11.6 Å². The monoisotopic (exact) mass is 351 g/mol. The Kier molecular flexibility index (Phi) is 5.76. The van der Waals surface area contributed by atoms with Crippen LogP contribution >= 0.6 is 15.9 Å². The molecule has 0 saturated carbocycles. The normalized spacial score (nSPS) is 10.9. The van der Waals surface area contributed by atoms with Gasteiger partial charge in [0, 0.05) is 6.54 Å². The van der Waals surface area contributed by atoms with Crippen molar-refractivity contribution >= 4 is 15.9 Å². The highest BCUT2D eigenvalue weighted by atomic mass is 79.9. The molecule has 0 aliphatic carbocycles. The predicted molar refractivity (Wildman–Crippen MR) is 87.2 cm³/mol. The lowest BCUT2D eigenvalue weighted by molar-refractivity contribution is 0.479. The van der Waals surface area contributed by atoms with Gasteiger partial charge in [-0.05, 0) is 64.3 Å². The maximum absolute atomic E-state index is 13.2. The number of hydrogen-bond acceptors (Lipinski definition) is 2. The Balaban J connectivity index is 1.94. The van der Waals surface area contributed by atoms with E-state index in [0.717, 1.165) is 18.8 Å². The molecule has 0 heterocycles. The van der Waals surface area contributed by atoms with Crippen LogP contribution in [0.3, 0.4) is 0 Å². The molecule has 2 aromatic rings. The Morgan fingerprint density at radius 3 is 2.38 bits per heavy atom. The van der Waals surface area contributed by atoms with E-state index in [4.69, 9.17) is 4.74 Å². The first-order chi connectivity index (χ1) is 10.0. The van der Waals surface area contributed by atoms with E-state index in [-0.39, 0.29) is 5.82 Å². The lowest BCUT2D eigenvalue weighted by atomic mass is 10.2. The van der Waals surface area contributed by atoms with Gasteiger partial charge in [0.2, 0.25) is 0 Å². The number of hydrogen-bond donors (Lipinski definition) is 1. The zero-order valence-corrected chi connectivity index (χ0v) is 13.8. The zero-order valence-electron chi connectivity index (χ0n) is 12.2. The van der Waals surface area contributed by atoms with Gasteiger partial charge < -0.3 is 10.1 Å². The SMILES string of the molecule is CC(C)CNCc1ccc(Oc2ccc(F)c(Br)c2)cc1. The Morgan fingerprint density at radius 2 is 1.76 bits per heavy atom. The number of benzene rings is 2. The van der Waals surface area contributed by atoms with Crippen LogP contribution in [0.15, 0.2) is 46.9 Å². The predicted octanol–water partition coefficient (Wildman–Crippen LogP) is 5.13. The fourth-order valence-electron chi connectivity index (χ4n) is 1.86. The maximum atomic E-state index is 13.2. The summed E-state index contributed by atoms with van der Waals surface area (Å²) in [5.41, 5.74) is 1.21. The lowest BCUT2D eigenvalue weighted by Crippen LogP contribution is -2.18. The van der Waals surface area contributed by atoms with Gasteiger partial charge in [0.25, 0.3) is 0 Å². The van der Waals surface area contributed by atoms with Crippen LogP contribution in [0, 0.1) is 11.7 Å². The molecule has 0 saturated heterocycles. The summed E-state index contributed by atoms with van der Waals surface area (Å²) in [7, 11) is 0. The molecule has 112 valence electrons. The van der Waals surface area contributed by atoms with Crippen molar-refractivity contribution in [1.82, 2.24) is 5.32 Å². The minimum absolute atomic E-state index is 0.297. The van der Waals surface area contributed by atoms with E-state index >= 15 is 0 Å². The standard InChI is InChI=1S/C17H19BrFNO/c1-12(2)10-20-11-13-3-5-14(6-4-13)21-15-7-8-17(19)16(18)9-15/h3-9,12,20H,10-11H2,1-2H3. The highest BCUT2D eigenvalue weighted by molar-refractivity contribution is 9.10. The van der Waals surface area contributed by atoms with Gasteiger partial charge >= 0.3 is 0 Å². The largest absolute Gasteiger partial charge is 0.457 e. The number of nitrogens with one attached hydrogen (secondary N) is 1. The summed E-state index contributed by atoms with van der Waals surface area (Å²) in [4.78, 5) is 0. The molecule has 0 unspecified atom stereocenters. The van der Waals surface area contributed by atoms with Crippen LogP contribution in [-0.4, -0.2) is 6.54 Å². The fraction of sp³-hybridized carbons (Fsp3) is 0.294. The van der Waals surface area contributed by atoms with Crippen LogP contribution in [0.2, 0.25) is 0 Å². The molecule has 0 aliphatic rings. The highest BCUT2D eigenvalue weighted by Gasteiger charge is 2.03. The van der Waals surface area contributed by atoms with E-state index < -0.39 is 0 Å². The summed E-state index contributed by atoms with van der Waals surface area (Å²) >= 11 is 3.15. The molecule has 4 heteroatoms. The molecule has 0 radical (unpaired) electrons.